The summed E-state index contributed by atoms with van der Waals surface area (Å²) in [5.41, 5.74) is 3.28. The highest BCUT2D eigenvalue weighted by Gasteiger charge is 2.12. The van der Waals surface area contributed by atoms with Crippen molar-refractivity contribution in [3.63, 3.8) is 0 Å². The lowest BCUT2D eigenvalue weighted by atomic mass is 10.1. The normalized spacial score (nSPS) is 12.3. The molecule has 0 aliphatic rings. The van der Waals surface area contributed by atoms with E-state index in [1.165, 1.54) is 10.4 Å². The number of hydrogen-bond donors (Lipinski definition) is 1. The van der Waals surface area contributed by atoms with Gasteiger partial charge in [0, 0.05) is 10.6 Å². The Morgan fingerprint density at radius 1 is 1.33 bits per heavy atom. The number of nitrogens with one attached hydrogen (secondary N) is 1. The van der Waals surface area contributed by atoms with Crippen LogP contribution >= 0.6 is 11.3 Å². The number of hydrogen-bond acceptors (Lipinski definition) is 5. The summed E-state index contributed by atoms with van der Waals surface area (Å²) in [7, 11) is 0. The predicted octanol–water partition coefficient (Wildman–Crippen LogP) is 3.60. The van der Waals surface area contributed by atoms with Crippen LogP contribution in [-0.2, 0) is 0 Å². The summed E-state index contributed by atoms with van der Waals surface area (Å²) in [5, 5.41) is 17.0. The van der Waals surface area contributed by atoms with E-state index in [9.17, 15) is 0 Å². The van der Waals surface area contributed by atoms with Gasteiger partial charge in [0.25, 0.3) is 0 Å². The summed E-state index contributed by atoms with van der Waals surface area (Å²) in [5.74, 6) is 0. The van der Waals surface area contributed by atoms with Crippen molar-refractivity contribution in [1.29, 1.82) is 0 Å². The van der Waals surface area contributed by atoms with E-state index < -0.39 is 0 Å². The number of anilines is 1. The van der Waals surface area contributed by atoms with Crippen molar-refractivity contribution in [3.05, 3.63) is 52.5 Å². The van der Waals surface area contributed by atoms with Crippen molar-refractivity contribution in [2.75, 3.05) is 5.32 Å². The first-order chi connectivity index (χ1) is 10.3. The first-order valence-electron chi connectivity index (χ1n) is 6.92. The van der Waals surface area contributed by atoms with Crippen molar-refractivity contribution in [3.8, 4) is 5.69 Å². The Labute approximate surface area is 127 Å². The van der Waals surface area contributed by atoms with E-state index in [1.807, 2.05) is 6.07 Å². The molecule has 0 fully saturated rings. The molecule has 1 aromatic carbocycles. The van der Waals surface area contributed by atoms with E-state index in [4.69, 9.17) is 0 Å². The highest BCUT2D eigenvalue weighted by Crippen LogP contribution is 2.28. The van der Waals surface area contributed by atoms with E-state index in [1.54, 1.807) is 22.3 Å². The van der Waals surface area contributed by atoms with Gasteiger partial charge in [0.05, 0.1) is 11.7 Å². The molecular weight excluding hydrogens is 282 g/mol. The van der Waals surface area contributed by atoms with E-state index in [-0.39, 0.29) is 0 Å². The van der Waals surface area contributed by atoms with Crippen LogP contribution in [0.5, 0.6) is 0 Å². The van der Waals surface area contributed by atoms with Gasteiger partial charge in [0.15, 0.2) is 0 Å². The van der Waals surface area contributed by atoms with Crippen molar-refractivity contribution in [1.82, 2.24) is 20.2 Å². The fourth-order valence-electron chi connectivity index (χ4n) is 2.24. The lowest BCUT2D eigenvalue weighted by molar-refractivity contribution is 0.760. The molecule has 21 heavy (non-hydrogen) atoms. The Balaban J connectivity index is 1.89. The highest BCUT2D eigenvalue weighted by molar-refractivity contribution is 7.10. The minimum absolute atomic E-state index is 0.327. The largest absolute Gasteiger partial charge is 0.377 e. The SMILES string of the molecule is CCC(Nc1cc(-n2cnnn2)ccc1C)c1cccs1. The molecule has 1 atom stereocenters. The number of aryl methyl sites for hydroxylation is 1. The zero-order valence-electron chi connectivity index (χ0n) is 12.0. The molecular formula is C15H17N5S. The molecule has 0 bridgehead atoms. The van der Waals surface area contributed by atoms with Gasteiger partial charge in [-0.3, -0.25) is 0 Å². The number of benzene rings is 1. The summed E-state index contributed by atoms with van der Waals surface area (Å²) < 4.78 is 1.66. The Kier molecular flexibility index (Phi) is 3.96. The molecule has 3 aromatic rings. The van der Waals surface area contributed by atoms with Crippen LogP contribution < -0.4 is 5.32 Å². The monoisotopic (exact) mass is 299 g/mol. The van der Waals surface area contributed by atoms with Crippen LogP contribution in [0.25, 0.3) is 5.69 Å². The van der Waals surface area contributed by atoms with Gasteiger partial charge < -0.3 is 5.32 Å². The molecule has 0 spiro atoms. The molecule has 0 saturated heterocycles. The van der Waals surface area contributed by atoms with Gasteiger partial charge in [0.1, 0.15) is 6.33 Å². The third-order valence-electron chi connectivity index (χ3n) is 3.46. The second-order valence-electron chi connectivity index (χ2n) is 4.87. The number of thiophene rings is 1. The average molecular weight is 299 g/mol. The van der Waals surface area contributed by atoms with E-state index in [0.29, 0.717) is 6.04 Å². The number of nitrogens with zero attached hydrogens (tertiary/aromatic N) is 4. The molecule has 2 heterocycles. The maximum absolute atomic E-state index is 3.94. The van der Waals surface area contributed by atoms with Crippen molar-refractivity contribution in [2.24, 2.45) is 0 Å². The average Bonchev–Trinajstić information content (AvgIpc) is 3.19. The maximum atomic E-state index is 3.94. The second-order valence-corrected chi connectivity index (χ2v) is 5.85. The zero-order chi connectivity index (χ0) is 14.7. The van der Waals surface area contributed by atoms with Gasteiger partial charge in [-0.05, 0) is 52.9 Å². The summed E-state index contributed by atoms with van der Waals surface area (Å²) >= 11 is 1.78. The van der Waals surface area contributed by atoms with Crippen LogP contribution in [0.2, 0.25) is 0 Å². The van der Waals surface area contributed by atoms with Crippen LogP contribution in [0.3, 0.4) is 0 Å². The molecule has 1 unspecified atom stereocenters. The fraction of sp³-hybridized carbons (Fsp3) is 0.267. The van der Waals surface area contributed by atoms with Crippen molar-refractivity contribution in [2.45, 2.75) is 26.3 Å². The van der Waals surface area contributed by atoms with Gasteiger partial charge in [0.2, 0.25) is 0 Å². The fourth-order valence-corrected chi connectivity index (χ4v) is 3.10. The molecule has 0 saturated carbocycles. The predicted molar refractivity (Wildman–Crippen MR) is 84.9 cm³/mol. The van der Waals surface area contributed by atoms with Gasteiger partial charge in [-0.2, -0.15) is 0 Å². The maximum Gasteiger partial charge on any atom is 0.143 e. The Morgan fingerprint density at radius 2 is 2.24 bits per heavy atom. The minimum atomic E-state index is 0.327. The molecule has 108 valence electrons. The van der Waals surface area contributed by atoms with E-state index in [2.05, 4.69) is 64.3 Å². The molecule has 3 rings (SSSR count). The lowest BCUT2D eigenvalue weighted by Crippen LogP contribution is -2.09. The lowest BCUT2D eigenvalue weighted by Gasteiger charge is -2.19. The third-order valence-corrected chi connectivity index (χ3v) is 4.45. The van der Waals surface area contributed by atoms with E-state index in [0.717, 1.165) is 17.8 Å². The summed E-state index contributed by atoms with van der Waals surface area (Å²) in [4.78, 5) is 1.35. The minimum Gasteiger partial charge on any atom is -0.377 e. The van der Waals surface area contributed by atoms with Crippen LogP contribution in [-0.4, -0.2) is 20.2 Å². The van der Waals surface area contributed by atoms with Gasteiger partial charge in [-0.1, -0.05) is 19.1 Å². The Morgan fingerprint density at radius 3 is 2.90 bits per heavy atom. The molecule has 1 N–H and O–H groups in total. The molecule has 0 aliphatic heterocycles. The van der Waals surface area contributed by atoms with Crippen LogP contribution in [0, 0.1) is 6.92 Å². The van der Waals surface area contributed by atoms with E-state index >= 15 is 0 Å². The molecule has 6 heteroatoms. The smallest absolute Gasteiger partial charge is 0.143 e. The summed E-state index contributed by atoms with van der Waals surface area (Å²) in [6.45, 7) is 4.30. The Bertz CT molecular complexity index is 691. The first kappa shape index (κ1) is 13.8. The van der Waals surface area contributed by atoms with Gasteiger partial charge in [-0.15, -0.1) is 16.4 Å². The van der Waals surface area contributed by atoms with Crippen molar-refractivity contribution >= 4 is 17.0 Å². The van der Waals surface area contributed by atoms with Gasteiger partial charge >= 0.3 is 0 Å². The molecule has 0 aliphatic carbocycles. The van der Waals surface area contributed by atoms with Crippen LogP contribution in [0.4, 0.5) is 5.69 Å². The first-order valence-corrected chi connectivity index (χ1v) is 7.80. The summed E-state index contributed by atoms with van der Waals surface area (Å²) in [6, 6.07) is 10.8. The molecule has 2 aromatic heterocycles. The number of rotatable bonds is 5. The standard InChI is InChI=1S/C15H17N5S/c1-3-13(15-5-4-8-21-15)17-14-9-12(7-6-11(14)2)20-10-16-18-19-20/h4-10,13,17H,3H2,1-2H3. The van der Waals surface area contributed by atoms with Crippen LogP contribution in [0.1, 0.15) is 29.8 Å². The summed E-state index contributed by atoms with van der Waals surface area (Å²) in [6.07, 6.45) is 2.64. The second kappa shape index (κ2) is 6.05. The van der Waals surface area contributed by atoms with Gasteiger partial charge in [-0.25, -0.2) is 4.68 Å². The quantitative estimate of drug-likeness (QED) is 0.782. The number of aromatic nitrogens is 4. The highest BCUT2D eigenvalue weighted by atomic mass is 32.1. The molecule has 0 radical (unpaired) electrons. The Hall–Kier alpha value is -2.21. The molecule has 5 nitrogen and oxygen atoms in total. The van der Waals surface area contributed by atoms with Crippen molar-refractivity contribution < 1.29 is 0 Å². The molecule has 0 amide bonds. The number of tetrazole rings is 1. The topological polar surface area (TPSA) is 55.6 Å². The van der Waals surface area contributed by atoms with Crippen LogP contribution in [0.15, 0.2) is 42.0 Å². The third kappa shape index (κ3) is 2.95. The zero-order valence-corrected chi connectivity index (χ0v) is 12.8.